The van der Waals surface area contributed by atoms with Gasteiger partial charge in [-0.1, -0.05) is 6.07 Å². The number of likely N-dealkylation sites (tertiary alicyclic amines) is 1. The molecule has 1 aromatic rings. The van der Waals surface area contributed by atoms with Crippen molar-refractivity contribution in [3.8, 4) is 0 Å². The molecule has 0 spiro atoms. The van der Waals surface area contributed by atoms with E-state index in [2.05, 4.69) is 11.9 Å². The number of hydrogen-bond donors (Lipinski definition) is 2. The summed E-state index contributed by atoms with van der Waals surface area (Å²) in [5.74, 6) is -0.262. The summed E-state index contributed by atoms with van der Waals surface area (Å²) in [5.41, 5.74) is 3.87. The van der Waals surface area contributed by atoms with Gasteiger partial charge in [0.2, 0.25) is 5.60 Å². The number of thiophene rings is 1. The van der Waals surface area contributed by atoms with E-state index in [0.29, 0.717) is 17.4 Å². The minimum Gasteiger partial charge on any atom is -0.463 e. The lowest BCUT2D eigenvalue weighted by atomic mass is 9.98. The van der Waals surface area contributed by atoms with Gasteiger partial charge in [0.05, 0.1) is 6.61 Å². The molecule has 0 radical (unpaired) electrons. The van der Waals surface area contributed by atoms with Gasteiger partial charge in [-0.3, -0.25) is 0 Å². The van der Waals surface area contributed by atoms with E-state index in [-0.39, 0.29) is 6.54 Å². The van der Waals surface area contributed by atoms with Crippen LogP contribution in [0.4, 0.5) is 0 Å². The Bertz CT molecular complexity index is 430. The number of nitrogens with zero attached hydrogens (tertiary/aromatic N) is 1. The van der Waals surface area contributed by atoms with Crippen LogP contribution in [0, 0.1) is 5.92 Å². The van der Waals surface area contributed by atoms with Gasteiger partial charge in [0.25, 0.3) is 0 Å². The third-order valence-electron chi connectivity index (χ3n) is 3.85. The molecule has 6 heteroatoms. The van der Waals surface area contributed by atoms with E-state index in [4.69, 9.17) is 10.5 Å². The molecule has 1 atom stereocenters. The first-order chi connectivity index (χ1) is 9.56. The average molecular weight is 298 g/mol. The molecule has 5 nitrogen and oxygen atoms in total. The Labute approximate surface area is 123 Å². The maximum atomic E-state index is 12.1. The minimum absolute atomic E-state index is 0.167. The Hall–Kier alpha value is -0.950. The first kappa shape index (κ1) is 15.4. The van der Waals surface area contributed by atoms with E-state index in [9.17, 15) is 9.90 Å². The first-order valence-electron chi connectivity index (χ1n) is 6.88. The highest BCUT2D eigenvalue weighted by molar-refractivity contribution is 7.10. The molecule has 1 aromatic heterocycles. The van der Waals surface area contributed by atoms with Gasteiger partial charge in [-0.05, 0) is 50.3 Å². The molecule has 112 valence electrons. The van der Waals surface area contributed by atoms with Crippen LogP contribution < -0.4 is 5.73 Å². The summed E-state index contributed by atoms with van der Waals surface area (Å²) < 4.78 is 5.32. The first-order valence-corrected chi connectivity index (χ1v) is 7.76. The van der Waals surface area contributed by atoms with Crippen molar-refractivity contribution in [1.82, 2.24) is 4.90 Å². The van der Waals surface area contributed by atoms with Crippen LogP contribution in [0.25, 0.3) is 0 Å². The summed E-state index contributed by atoms with van der Waals surface area (Å²) >= 11 is 1.31. The highest BCUT2D eigenvalue weighted by atomic mass is 32.1. The monoisotopic (exact) mass is 298 g/mol. The van der Waals surface area contributed by atoms with E-state index in [1.807, 2.05) is 0 Å². The van der Waals surface area contributed by atoms with Crippen LogP contribution in [0.2, 0.25) is 0 Å². The summed E-state index contributed by atoms with van der Waals surface area (Å²) in [5, 5.41) is 12.2. The van der Waals surface area contributed by atoms with Crippen LogP contribution in [0.5, 0.6) is 0 Å². The van der Waals surface area contributed by atoms with Gasteiger partial charge in [0.15, 0.2) is 0 Å². The highest BCUT2D eigenvalue weighted by Gasteiger charge is 2.39. The maximum absolute atomic E-state index is 12.1. The normalized spacial score (nSPS) is 20.6. The van der Waals surface area contributed by atoms with Crippen molar-refractivity contribution in [2.75, 3.05) is 33.3 Å². The Balaban J connectivity index is 1.90. The van der Waals surface area contributed by atoms with Crippen molar-refractivity contribution in [2.45, 2.75) is 18.4 Å². The molecule has 20 heavy (non-hydrogen) atoms. The van der Waals surface area contributed by atoms with Gasteiger partial charge in [0, 0.05) is 11.4 Å². The zero-order valence-corrected chi connectivity index (χ0v) is 12.6. The number of piperidine rings is 1. The predicted octanol–water partition coefficient (Wildman–Crippen LogP) is 0.779. The van der Waals surface area contributed by atoms with E-state index < -0.39 is 11.6 Å². The summed E-state index contributed by atoms with van der Waals surface area (Å²) in [6.45, 7) is 2.24. The van der Waals surface area contributed by atoms with E-state index >= 15 is 0 Å². The second-order valence-electron chi connectivity index (χ2n) is 5.39. The second kappa shape index (κ2) is 6.67. The molecule has 3 N–H and O–H groups in total. The van der Waals surface area contributed by atoms with Gasteiger partial charge in [-0.15, -0.1) is 11.3 Å². The van der Waals surface area contributed by atoms with E-state index in [0.717, 1.165) is 25.9 Å². The van der Waals surface area contributed by atoms with Crippen molar-refractivity contribution in [2.24, 2.45) is 11.7 Å². The molecule has 1 unspecified atom stereocenters. The summed E-state index contributed by atoms with van der Waals surface area (Å²) in [6, 6.07) is 3.49. The summed E-state index contributed by atoms with van der Waals surface area (Å²) in [6.07, 6.45) is 2.04. The molecule has 1 saturated heterocycles. The van der Waals surface area contributed by atoms with E-state index in [1.165, 1.54) is 11.3 Å². The number of esters is 1. The van der Waals surface area contributed by atoms with Gasteiger partial charge in [0.1, 0.15) is 0 Å². The summed E-state index contributed by atoms with van der Waals surface area (Å²) in [7, 11) is 2.09. The lowest BCUT2D eigenvalue weighted by Crippen LogP contribution is -2.44. The molecular formula is C14H22N2O3S. The van der Waals surface area contributed by atoms with Gasteiger partial charge < -0.3 is 20.5 Å². The smallest absolute Gasteiger partial charge is 0.345 e. The van der Waals surface area contributed by atoms with Crippen LogP contribution >= 0.6 is 11.3 Å². The molecule has 0 aromatic carbocycles. The minimum atomic E-state index is -1.71. The predicted molar refractivity (Wildman–Crippen MR) is 78.5 cm³/mol. The SMILES string of the molecule is CN1CCC(COC(=O)C(O)(CN)c2cccs2)CC1. The number of carbonyl (C=O) groups is 1. The summed E-state index contributed by atoms with van der Waals surface area (Å²) in [4.78, 5) is 14.9. The molecule has 0 saturated carbocycles. The maximum Gasteiger partial charge on any atom is 0.345 e. The fourth-order valence-corrected chi connectivity index (χ4v) is 3.16. The number of aliphatic hydroxyl groups is 1. The van der Waals surface area contributed by atoms with Gasteiger partial charge >= 0.3 is 5.97 Å². The zero-order valence-electron chi connectivity index (χ0n) is 11.7. The number of hydrogen-bond acceptors (Lipinski definition) is 6. The van der Waals surface area contributed by atoms with Gasteiger partial charge in [-0.25, -0.2) is 4.79 Å². The van der Waals surface area contributed by atoms with Crippen LogP contribution in [-0.2, 0) is 15.1 Å². The lowest BCUT2D eigenvalue weighted by molar-refractivity contribution is -0.167. The third kappa shape index (κ3) is 3.38. The van der Waals surface area contributed by atoms with Crippen LogP contribution in [0.1, 0.15) is 17.7 Å². The van der Waals surface area contributed by atoms with Crippen LogP contribution in [-0.4, -0.2) is 49.3 Å². The van der Waals surface area contributed by atoms with Crippen molar-refractivity contribution in [1.29, 1.82) is 0 Å². The van der Waals surface area contributed by atoms with Crippen LogP contribution in [0.15, 0.2) is 17.5 Å². The molecule has 0 aliphatic carbocycles. The fraction of sp³-hybridized carbons (Fsp3) is 0.643. The number of carbonyl (C=O) groups excluding carboxylic acids is 1. The molecule has 1 fully saturated rings. The fourth-order valence-electron chi connectivity index (χ4n) is 2.34. The number of nitrogens with two attached hydrogens (primary N) is 1. The van der Waals surface area contributed by atoms with E-state index in [1.54, 1.807) is 17.5 Å². The topological polar surface area (TPSA) is 75.8 Å². The Morgan fingerprint density at radius 1 is 1.60 bits per heavy atom. The molecule has 1 aliphatic rings. The Morgan fingerprint density at radius 3 is 2.85 bits per heavy atom. The molecular weight excluding hydrogens is 276 g/mol. The molecule has 0 bridgehead atoms. The average Bonchev–Trinajstić information content (AvgIpc) is 3.00. The highest BCUT2D eigenvalue weighted by Crippen LogP contribution is 2.27. The Morgan fingerprint density at radius 2 is 2.30 bits per heavy atom. The van der Waals surface area contributed by atoms with Crippen molar-refractivity contribution in [3.05, 3.63) is 22.4 Å². The van der Waals surface area contributed by atoms with Gasteiger partial charge in [-0.2, -0.15) is 0 Å². The quantitative estimate of drug-likeness (QED) is 0.786. The van der Waals surface area contributed by atoms with Crippen molar-refractivity contribution in [3.63, 3.8) is 0 Å². The van der Waals surface area contributed by atoms with Crippen molar-refractivity contribution < 1.29 is 14.6 Å². The second-order valence-corrected chi connectivity index (χ2v) is 6.33. The molecule has 2 heterocycles. The largest absolute Gasteiger partial charge is 0.463 e. The lowest BCUT2D eigenvalue weighted by Gasteiger charge is -2.30. The Kier molecular flexibility index (Phi) is 5.15. The number of rotatable bonds is 5. The van der Waals surface area contributed by atoms with Crippen LogP contribution in [0.3, 0.4) is 0 Å². The molecule has 2 rings (SSSR count). The molecule has 1 aliphatic heterocycles. The number of ether oxygens (including phenoxy) is 1. The molecule has 0 amide bonds. The standard InChI is InChI=1S/C14H22N2O3S/c1-16-6-4-11(5-7-16)9-19-13(17)14(18,10-15)12-3-2-8-20-12/h2-3,8,11,18H,4-7,9-10,15H2,1H3. The zero-order chi connectivity index (χ0) is 14.6. The van der Waals surface area contributed by atoms with Crippen molar-refractivity contribution >= 4 is 17.3 Å². The third-order valence-corrected chi connectivity index (χ3v) is 4.87.